The smallest absolute Gasteiger partial charge is 0.370 e. The van der Waals surface area contributed by atoms with Gasteiger partial charge in [0.25, 0.3) is 0 Å². The second kappa shape index (κ2) is 6.39. The van der Waals surface area contributed by atoms with E-state index in [9.17, 15) is 13.2 Å². The summed E-state index contributed by atoms with van der Waals surface area (Å²) >= 11 is 0. The van der Waals surface area contributed by atoms with Crippen molar-refractivity contribution in [3.8, 4) is 0 Å². The first kappa shape index (κ1) is 14.5. The largest absolute Gasteiger partial charge is 0.389 e. The number of hydrogen-bond donors (Lipinski definition) is 3. The van der Waals surface area contributed by atoms with Crippen molar-refractivity contribution in [2.24, 2.45) is 5.84 Å². The van der Waals surface area contributed by atoms with Crippen LogP contribution in [0.3, 0.4) is 0 Å². The summed E-state index contributed by atoms with van der Waals surface area (Å²) in [5.74, 6) is 6.00. The van der Waals surface area contributed by atoms with Crippen LogP contribution >= 0.6 is 0 Å². The van der Waals surface area contributed by atoms with E-state index in [1.54, 1.807) is 13.0 Å². The number of nitrogens with two attached hydrogens (primary N) is 1. The Kier molecular flexibility index (Phi) is 5.14. The van der Waals surface area contributed by atoms with Crippen molar-refractivity contribution in [2.75, 3.05) is 17.3 Å². The van der Waals surface area contributed by atoms with E-state index in [1.165, 1.54) is 0 Å². The maximum atomic E-state index is 11.9. The molecule has 1 heterocycles. The average Bonchev–Trinajstić information content (AvgIpc) is 2.26. The normalized spacial score (nSPS) is 11.4. The van der Waals surface area contributed by atoms with Gasteiger partial charge in [-0.2, -0.15) is 18.2 Å². The van der Waals surface area contributed by atoms with E-state index < -0.39 is 12.6 Å². The van der Waals surface area contributed by atoms with Crippen molar-refractivity contribution >= 4 is 11.8 Å². The molecule has 0 fully saturated rings. The minimum Gasteiger partial charge on any atom is -0.370 e. The number of halogens is 3. The van der Waals surface area contributed by atoms with E-state index in [4.69, 9.17) is 5.84 Å². The number of hydrazine groups is 1. The number of hydrogen-bond acceptors (Lipinski definition) is 5. The molecular weight excluding hydrogens is 247 g/mol. The predicted octanol–water partition coefficient (Wildman–Crippen LogP) is 2.22. The van der Waals surface area contributed by atoms with Gasteiger partial charge in [-0.1, -0.05) is 0 Å². The SMILES string of the molecule is Cc1cc(NCCCCC(F)(F)F)nc(NN)n1. The van der Waals surface area contributed by atoms with Crippen LogP contribution in [0.1, 0.15) is 25.0 Å². The lowest BCUT2D eigenvalue weighted by atomic mass is 10.2. The Labute approximate surface area is 103 Å². The Balaban J connectivity index is 2.33. The van der Waals surface area contributed by atoms with E-state index in [2.05, 4.69) is 20.7 Å². The van der Waals surface area contributed by atoms with Crippen molar-refractivity contribution in [2.45, 2.75) is 32.4 Å². The van der Waals surface area contributed by atoms with Gasteiger partial charge in [-0.25, -0.2) is 10.8 Å². The standard InChI is InChI=1S/C10H16F3N5/c1-7-6-8(17-9(16-7)18-14)15-5-3-2-4-10(11,12)13/h6H,2-5,14H2,1H3,(H2,15,16,17,18). The molecule has 0 spiro atoms. The van der Waals surface area contributed by atoms with Crippen molar-refractivity contribution in [1.29, 1.82) is 0 Å². The third kappa shape index (κ3) is 5.67. The molecule has 8 heteroatoms. The van der Waals surface area contributed by atoms with Gasteiger partial charge in [0.05, 0.1) is 0 Å². The molecular formula is C10H16F3N5. The zero-order valence-corrected chi connectivity index (χ0v) is 10.0. The van der Waals surface area contributed by atoms with Crippen LogP contribution in [-0.4, -0.2) is 22.7 Å². The molecule has 0 bridgehead atoms. The van der Waals surface area contributed by atoms with Gasteiger partial charge in [-0.3, -0.25) is 5.43 Å². The van der Waals surface area contributed by atoms with E-state index >= 15 is 0 Å². The van der Waals surface area contributed by atoms with E-state index in [1.807, 2.05) is 0 Å². The fourth-order valence-electron chi connectivity index (χ4n) is 1.39. The topological polar surface area (TPSA) is 75.9 Å². The zero-order valence-electron chi connectivity index (χ0n) is 10.0. The lowest BCUT2D eigenvalue weighted by Crippen LogP contribution is -2.13. The van der Waals surface area contributed by atoms with Crippen LogP contribution in [0.4, 0.5) is 24.9 Å². The lowest BCUT2D eigenvalue weighted by Gasteiger charge is -2.09. The first-order valence-corrected chi connectivity index (χ1v) is 5.53. The highest BCUT2D eigenvalue weighted by Gasteiger charge is 2.25. The maximum Gasteiger partial charge on any atom is 0.389 e. The van der Waals surface area contributed by atoms with Gasteiger partial charge in [0.1, 0.15) is 5.82 Å². The van der Waals surface area contributed by atoms with Gasteiger partial charge in [0.15, 0.2) is 0 Å². The molecule has 0 radical (unpaired) electrons. The molecule has 0 aliphatic rings. The summed E-state index contributed by atoms with van der Waals surface area (Å²) in [6.07, 6.45) is -4.31. The molecule has 5 nitrogen and oxygen atoms in total. The third-order valence-corrected chi connectivity index (χ3v) is 2.18. The number of nitrogens with zero attached hydrogens (tertiary/aromatic N) is 2. The van der Waals surface area contributed by atoms with Crippen molar-refractivity contribution < 1.29 is 13.2 Å². The molecule has 102 valence electrons. The van der Waals surface area contributed by atoms with E-state index in [-0.39, 0.29) is 12.4 Å². The number of anilines is 2. The molecule has 0 aromatic carbocycles. The van der Waals surface area contributed by atoms with E-state index in [0.717, 1.165) is 5.69 Å². The summed E-state index contributed by atoms with van der Waals surface area (Å²) in [6, 6.07) is 1.70. The minimum atomic E-state index is -4.08. The minimum absolute atomic E-state index is 0.0998. The Morgan fingerprint density at radius 3 is 2.61 bits per heavy atom. The van der Waals surface area contributed by atoms with Crippen LogP contribution in [0, 0.1) is 6.92 Å². The predicted molar refractivity (Wildman–Crippen MR) is 63.0 cm³/mol. The number of nitrogens with one attached hydrogen (secondary N) is 2. The molecule has 0 amide bonds. The lowest BCUT2D eigenvalue weighted by molar-refractivity contribution is -0.135. The molecule has 0 atom stereocenters. The number of aromatic nitrogens is 2. The zero-order chi connectivity index (χ0) is 13.6. The molecule has 4 N–H and O–H groups in total. The average molecular weight is 263 g/mol. The van der Waals surface area contributed by atoms with Crippen LogP contribution in [0.15, 0.2) is 6.07 Å². The van der Waals surface area contributed by atoms with Gasteiger partial charge in [0.2, 0.25) is 5.95 Å². The fraction of sp³-hybridized carbons (Fsp3) is 0.600. The Morgan fingerprint density at radius 1 is 1.28 bits per heavy atom. The van der Waals surface area contributed by atoms with Gasteiger partial charge in [0, 0.05) is 24.7 Å². The molecule has 0 aliphatic heterocycles. The summed E-state index contributed by atoms with van der Waals surface area (Å²) in [4.78, 5) is 8.01. The monoisotopic (exact) mass is 263 g/mol. The molecule has 18 heavy (non-hydrogen) atoms. The van der Waals surface area contributed by atoms with Crippen molar-refractivity contribution in [3.05, 3.63) is 11.8 Å². The summed E-state index contributed by atoms with van der Waals surface area (Å²) < 4.78 is 35.7. The molecule has 0 saturated heterocycles. The van der Waals surface area contributed by atoms with Gasteiger partial charge >= 0.3 is 6.18 Å². The van der Waals surface area contributed by atoms with Crippen molar-refractivity contribution in [3.63, 3.8) is 0 Å². The van der Waals surface area contributed by atoms with Gasteiger partial charge in [-0.15, -0.1) is 0 Å². The number of unbranched alkanes of at least 4 members (excludes halogenated alkanes) is 1. The molecule has 0 saturated carbocycles. The van der Waals surface area contributed by atoms with Crippen LogP contribution in [0.25, 0.3) is 0 Å². The molecule has 1 rings (SSSR count). The van der Waals surface area contributed by atoms with Crippen LogP contribution in [0.2, 0.25) is 0 Å². The number of nitrogen functional groups attached to an aromatic ring is 1. The second-order valence-corrected chi connectivity index (χ2v) is 3.86. The number of aryl methyl sites for hydroxylation is 1. The first-order chi connectivity index (χ1) is 8.40. The van der Waals surface area contributed by atoms with E-state index in [0.29, 0.717) is 18.8 Å². The second-order valence-electron chi connectivity index (χ2n) is 3.86. The number of alkyl halides is 3. The highest BCUT2D eigenvalue weighted by atomic mass is 19.4. The third-order valence-electron chi connectivity index (χ3n) is 2.18. The summed E-state index contributed by atoms with van der Waals surface area (Å²) in [5.41, 5.74) is 3.04. The molecule has 0 unspecified atom stereocenters. The number of rotatable bonds is 6. The van der Waals surface area contributed by atoms with Gasteiger partial charge < -0.3 is 5.32 Å². The molecule has 1 aromatic rings. The maximum absolute atomic E-state index is 11.9. The Morgan fingerprint density at radius 2 is 2.00 bits per heavy atom. The van der Waals surface area contributed by atoms with Crippen LogP contribution in [-0.2, 0) is 0 Å². The Hall–Kier alpha value is -1.57. The summed E-state index contributed by atoms with van der Waals surface area (Å²) in [6.45, 7) is 2.20. The van der Waals surface area contributed by atoms with Crippen LogP contribution in [0.5, 0.6) is 0 Å². The highest BCUT2D eigenvalue weighted by Crippen LogP contribution is 2.22. The quantitative estimate of drug-likeness (QED) is 0.417. The first-order valence-electron chi connectivity index (χ1n) is 5.53. The highest BCUT2D eigenvalue weighted by molar-refractivity contribution is 5.41. The molecule has 0 aliphatic carbocycles. The molecule has 1 aromatic heterocycles. The van der Waals surface area contributed by atoms with Crippen molar-refractivity contribution in [1.82, 2.24) is 9.97 Å². The summed E-state index contributed by atoms with van der Waals surface area (Å²) in [7, 11) is 0. The Bertz CT molecular complexity index is 380. The fourth-order valence-corrected chi connectivity index (χ4v) is 1.39. The summed E-state index contributed by atoms with van der Waals surface area (Å²) in [5, 5.41) is 2.93. The van der Waals surface area contributed by atoms with Crippen LogP contribution < -0.4 is 16.6 Å². The van der Waals surface area contributed by atoms with Gasteiger partial charge in [-0.05, 0) is 19.8 Å².